The van der Waals surface area contributed by atoms with Crippen LogP contribution in [0.25, 0.3) is 0 Å². The number of fused-ring (bicyclic) bond motifs is 1. The zero-order valence-corrected chi connectivity index (χ0v) is 13.0. The smallest absolute Gasteiger partial charge is 0.251 e. The van der Waals surface area contributed by atoms with Crippen LogP contribution in [0.2, 0.25) is 0 Å². The van der Waals surface area contributed by atoms with Crippen molar-refractivity contribution in [3.05, 3.63) is 33.2 Å². The van der Waals surface area contributed by atoms with Gasteiger partial charge in [0.05, 0.1) is 0 Å². The van der Waals surface area contributed by atoms with E-state index in [4.69, 9.17) is 6.42 Å². The van der Waals surface area contributed by atoms with Gasteiger partial charge in [-0.1, -0.05) is 0 Å². The predicted molar refractivity (Wildman–Crippen MR) is 86.3 cm³/mol. The number of rotatable bonds is 6. The summed E-state index contributed by atoms with van der Waals surface area (Å²) in [5.41, 5.74) is 1.79. The van der Waals surface area contributed by atoms with E-state index in [-0.39, 0.29) is 11.5 Å². The normalized spacial score (nSPS) is 17.2. The van der Waals surface area contributed by atoms with E-state index in [1.807, 2.05) is 0 Å². The fourth-order valence-electron chi connectivity index (χ4n) is 3.09. The Morgan fingerprint density at radius 1 is 1.35 bits per heavy atom. The maximum Gasteiger partial charge on any atom is 0.251 e. The first-order valence-corrected chi connectivity index (χ1v) is 8.04. The van der Waals surface area contributed by atoms with Crippen LogP contribution in [0.15, 0.2) is 21.1 Å². The molecule has 1 amide bonds. The zero-order valence-electron chi connectivity index (χ0n) is 13.0. The first-order valence-electron chi connectivity index (χ1n) is 8.04. The van der Waals surface area contributed by atoms with Crippen LogP contribution in [0.1, 0.15) is 53.7 Å². The second-order valence-electron chi connectivity index (χ2n) is 6.10. The lowest BCUT2D eigenvalue weighted by atomic mass is 9.92. The van der Waals surface area contributed by atoms with E-state index in [0.29, 0.717) is 24.9 Å². The van der Waals surface area contributed by atoms with E-state index in [1.54, 1.807) is 0 Å². The standard InChI is InChI=1S/C17H20N4O2/c1-2-3-8-17(20-21-17)9-10-18-16(23)13-11-15(22)19-14-7-5-4-6-12(13)14/h1,11H,3-10H2,(H,18,23)(H,19,22). The number of hydrogen-bond acceptors (Lipinski definition) is 4. The predicted octanol–water partition coefficient (Wildman–Crippen LogP) is 1.95. The summed E-state index contributed by atoms with van der Waals surface area (Å²) in [6, 6.07) is 1.40. The highest BCUT2D eigenvalue weighted by Crippen LogP contribution is 2.36. The van der Waals surface area contributed by atoms with Crippen molar-refractivity contribution >= 4 is 5.91 Å². The number of aromatic nitrogens is 1. The van der Waals surface area contributed by atoms with Gasteiger partial charge in [-0.25, -0.2) is 0 Å². The minimum atomic E-state index is -0.396. The molecule has 0 radical (unpaired) electrons. The number of nitrogens with one attached hydrogen (secondary N) is 2. The van der Waals surface area contributed by atoms with Gasteiger partial charge in [0, 0.05) is 43.1 Å². The summed E-state index contributed by atoms with van der Waals surface area (Å²) in [6.45, 7) is 0.470. The lowest BCUT2D eigenvalue weighted by Crippen LogP contribution is -2.31. The molecular weight excluding hydrogens is 292 g/mol. The molecule has 23 heavy (non-hydrogen) atoms. The van der Waals surface area contributed by atoms with Crippen LogP contribution in [-0.2, 0) is 12.8 Å². The molecule has 2 heterocycles. The highest BCUT2D eigenvalue weighted by atomic mass is 16.2. The summed E-state index contributed by atoms with van der Waals surface area (Å²) >= 11 is 0. The lowest BCUT2D eigenvalue weighted by Gasteiger charge is -2.18. The van der Waals surface area contributed by atoms with Gasteiger partial charge in [-0.3, -0.25) is 9.59 Å². The Morgan fingerprint density at radius 2 is 2.13 bits per heavy atom. The molecule has 0 atom stereocenters. The van der Waals surface area contributed by atoms with E-state index in [9.17, 15) is 9.59 Å². The van der Waals surface area contributed by atoms with Gasteiger partial charge in [0.2, 0.25) is 5.56 Å². The van der Waals surface area contributed by atoms with Crippen molar-refractivity contribution < 1.29 is 4.79 Å². The molecule has 1 aliphatic carbocycles. The summed E-state index contributed by atoms with van der Waals surface area (Å²) in [4.78, 5) is 27.0. The monoisotopic (exact) mass is 312 g/mol. The van der Waals surface area contributed by atoms with Crippen LogP contribution in [0.3, 0.4) is 0 Å². The second-order valence-corrected chi connectivity index (χ2v) is 6.10. The van der Waals surface area contributed by atoms with Crippen LogP contribution in [-0.4, -0.2) is 23.1 Å². The van der Waals surface area contributed by atoms with Gasteiger partial charge in [0.15, 0.2) is 5.66 Å². The summed E-state index contributed by atoms with van der Waals surface area (Å²) in [5.74, 6) is 2.39. The Morgan fingerprint density at radius 3 is 2.87 bits per heavy atom. The van der Waals surface area contributed by atoms with Crippen molar-refractivity contribution in [3.8, 4) is 12.3 Å². The van der Waals surface area contributed by atoms with E-state index in [1.165, 1.54) is 6.07 Å². The van der Waals surface area contributed by atoms with Gasteiger partial charge in [0.25, 0.3) is 5.91 Å². The molecule has 1 aromatic heterocycles. The molecule has 6 heteroatoms. The molecule has 0 fully saturated rings. The number of aryl methyl sites for hydroxylation is 1. The van der Waals surface area contributed by atoms with Gasteiger partial charge < -0.3 is 10.3 Å². The van der Waals surface area contributed by atoms with Crippen molar-refractivity contribution in [1.29, 1.82) is 0 Å². The molecule has 2 aliphatic rings. The van der Waals surface area contributed by atoms with E-state index >= 15 is 0 Å². The molecule has 0 saturated heterocycles. The van der Waals surface area contributed by atoms with Gasteiger partial charge in [-0.05, 0) is 31.2 Å². The van der Waals surface area contributed by atoms with Crippen molar-refractivity contribution in [2.45, 2.75) is 50.6 Å². The second kappa shape index (κ2) is 6.37. The Hall–Kier alpha value is -2.42. The molecule has 1 aromatic rings. The maximum absolute atomic E-state index is 12.4. The molecule has 1 aliphatic heterocycles. The molecule has 0 spiro atoms. The Balaban J connectivity index is 1.62. The van der Waals surface area contributed by atoms with Crippen LogP contribution >= 0.6 is 0 Å². The fraction of sp³-hybridized carbons (Fsp3) is 0.529. The number of pyridine rings is 1. The molecular formula is C17H20N4O2. The number of aromatic amines is 1. The molecule has 120 valence electrons. The highest BCUT2D eigenvalue weighted by Gasteiger charge is 2.38. The average Bonchev–Trinajstić information content (AvgIpc) is 3.32. The molecule has 3 rings (SSSR count). The van der Waals surface area contributed by atoms with Crippen molar-refractivity contribution in [2.24, 2.45) is 10.2 Å². The Labute approximate surface area is 134 Å². The molecule has 2 N–H and O–H groups in total. The third kappa shape index (κ3) is 3.50. The van der Waals surface area contributed by atoms with Gasteiger partial charge in [-0.2, -0.15) is 10.2 Å². The number of amides is 1. The van der Waals surface area contributed by atoms with Gasteiger partial charge in [0.1, 0.15) is 0 Å². The van der Waals surface area contributed by atoms with Crippen LogP contribution < -0.4 is 10.9 Å². The third-order valence-corrected chi connectivity index (χ3v) is 4.45. The quantitative estimate of drug-likeness (QED) is 0.787. The average molecular weight is 312 g/mol. The van der Waals surface area contributed by atoms with E-state index in [2.05, 4.69) is 26.4 Å². The third-order valence-electron chi connectivity index (χ3n) is 4.45. The van der Waals surface area contributed by atoms with Gasteiger partial charge >= 0.3 is 0 Å². The summed E-state index contributed by atoms with van der Waals surface area (Å²) in [5, 5.41) is 11.0. The molecule has 0 bridgehead atoms. The first kappa shape index (κ1) is 15.5. The Bertz CT molecular complexity index is 736. The maximum atomic E-state index is 12.4. The number of carbonyl (C=O) groups is 1. The minimum absolute atomic E-state index is 0.193. The SMILES string of the molecule is C#CCCC1(CCNC(=O)c2cc(=O)[nH]c3c2CCCC3)N=N1. The van der Waals surface area contributed by atoms with Gasteiger partial charge in [-0.15, -0.1) is 12.3 Å². The summed E-state index contributed by atoms with van der Waals surface area (Å²) < 4.78 is 0. The Kier molecular flexibility index (Phi) is 4.28. The fourth-order valence-corrected chi connectivity index (χ4v) is 3.09. The summed E-state index contributed by atoms with van der Waals surface area (Å²) in [7, 11) is 0. The number of H-pyrrole nitrogens is 1. The van der Waals surface area contributed by atoms with Crippen LogP contribution in [0, 0.1) is 12.3 Å². The number of nitrogens with zero attached hydrogens (tertiary/aromatic N) is 2. The van der Waals surface area contributed by atoms with Crippen LogP contribution in [0.4, 0.5) is 0 Å². The van der Waals surface area contributed by atoms with Crippen molar-refractivity contribution in [2.75, 3.05) is 6.54 Å². The molecule has 0 saturated carbocycles. The molecule has 0 unspecified atom stereocenters. The number of carbonyl (C=O) groups excluding carboxylic acids is 1. The van der Waals surface area contributed by atoms with E-state index < -0.39 is 5.66 Å². The first-order chi connectivity index (χ1) is 11.1. The highest BCUT2D eigenvalue weighted by molar-refractivity contribution is 5.95. The van der Waals surface area contributed by atoms with Crippen LogP contribution in [0.5, 0.6) is 0 Å². The molecule has 0 aromatic carbocycles. The zero-order chi connectivity index (χ0) is 16.3. The van der Waals surface area contributed by atoms with Crippen molar-refractivity contribution in [1.82, 2.24) is 10.3 Å². The number of hydrogen-bond donors (Lipinski definition) is 2. The summed E-state index contributed by atoms with van der Waals surface area (Å²) in [6.07, 6.45) is 11.0. The lowest BCUT2D eigenvalue weighted by molar-refractivity contribution is 0.0950. The topological polar surface area (TPSA) is 86.7 Å². The van der Waals surface area contributed by atoms with Crippen molar-refractivity contribution in [3.63, 3.8) is 0 Å². The van der Waals surface area contributed by atoms with E-state index in [0.717, 1.165) is 43.4 Å². The molecule has 6 nitrogen and oxygen atoms in total. The number of terminal acetylenes is 1. The largest absolute Gasteiger partial charge is 0.352 e. The minimum Gasteiger partial charge on any atom is -0.352 e.